The number of rotatable bonds is 5. The van der Waals surface area contributed by atoms with E-state index in [1.807, 2.05) is 49.4 Å². The summed E-state index contributed by atoms with van der Waals surface area (Å²) in [5, 5.41) is 2.01. The van der Waals surface area contributed by atoms with E-state index in [1.54, 1.807) is 0 Å². The van der Waals surface area contributed by atoms with Gasteiger partial charge in [0.2, 0.25) is 0 Å². The van der Waals surface area contributed by atoms with Gasteiger partial charge in [-0.1, -0.05) is 42.5 Å². The lowest BCUT2D eigenvalue weighted by Gasteiger charge is -2.28. The van der Waals surface area contributed by atoms with Gasteiger partial charge in [0.15, 0.2) is 12.1 Å². The first-order chi connectivity index (χ1) is 12.9. The van der Waals surface area contributed by atoms with E-state index in [-0.39, 0.29) is 6.61 Å². The smallest absolute Gasteiger partial charge is 0.411 e. The fourth-order valence-electron chi connectivity index (χ4n) is 3.42. The molecule has 1 heterocycles. The average molecular weight is 371 g/mol. The van der Waals surface area contributed by atoms with E-state index in [1.165, 1.54) is 18.9 Å². The molecule has 142 valence electrons. The van der Waals surface area contributed by atoms with Crippen molar-refractivity contribution in [2.24, 2.45) is 0 Å². The molecule has 0 spiro atoms. The fourth-order valence-corrected chi connectivity index (χ4v) is 3.42. The Morgan fingerprint density at radius 3 is 2.59 bits per heavy atom. The largest absolute Gasteiger partial charge is 0.467 e. The third-order valence-electron chi connectivity index (χ3n) is 4.70. The molecule has 27 heavy (non-hydrogen) atoms. The summed E-state index contributed by atoms with van der Waals surface area (Å²) in [6.07, 6.45) is -1.57. The van der Waals surface area contributed by atoms with Crippen molar-refractivity contribution in [3.05, 3.63) is 48.0 Å². The molecule has 0 aromatic heterocycles. The third kappa shape index (κ3) is 3.58. The summed E-state index contributed by atoms with van der Waals surface area (Å²) in [7, 11) is 1.24. The Labute approximate surface area is 156 Å². The van der Waals surface area contributed by atoms with Crippen molar-refractivity contribution in [3.63, 3.8) is 0 Å². The molecule has 3 atom stereocenters. The van der Waals surface area contributed by atoms with Crippen LogP contribution in [0.1, 0.15) is 25.5 Å². The number of esters is 2. The second-order valence-corrected chi connectivity index (χ2v) is 6.34. The predicted molar refractivity (Wildman–Crippen MR) is 96.9 cm³/mol. The van der Waals surface area contributed by atoms with Gasteiger partial charge in [-0.15, -0.1) is 0 Å². The molecule has 1 saturated heterocycles. The number of amides is 1. The standard InChI is InChI=1S/C20H21NO6/c1-12(15-10-6-8-14-7-4-5-9-16(14)15)21-18(19(23)25-3)17(27-20(21)24)11-26-13(2)22/h4-10,12,17-18H,11H2,1-3H3. The highest BCUT2D eigenvalue weighted by Gasteiger charge is 2.50. The van der Waals surface area contributed by atoms with Crippen LogP contribution < -0.4 is 0 Å². The number of carbonyl (C=O) groups is 3. The van der Waals surface area contributed by atoms with Gasteiger partial charge in [0.25, 0.3) is 0 Å². The van der Waals surface area contributed by atoms with E-state index >= 15 is 0 Å². The van der Waals surface area contributed by atoms with Crippen LogP contribution in [0.5, 0.6) is 0 Å². The number of ether oxygens (including phenoxy) is 3. The molecule has 0 N–H and O–H groups in total. The normalized spacial score (nSPS) is 20.3. The van der Waals surface area contributed by atoms with E-state index in [2.05, 4.69) is 0 Å². The summed E-state index contributed by atoms with van der Waals surface area (Å²) in [6, 6.07) is 12.1. The molecule has 0 bridgehead atoms. The minimum Gasteiger partial charge on any atom is -0.467 e. The molecule has 0 aliphatic carbocycles. The maximum absolute atomic E-state index is 12.6. The number of carbonyl (C=O) groups excluding carboxylic acids is 3. The van der Waals surface area contributed by atoms with Crippen molar-refractivity contribution >= 4 is 28.8 Å². The summed E-state index contributed by atoms with van der Waals surface area (Å²) in [5.74, 6) is -1.14. The molecule has 0 radical (unpaired) electrons. The van der Waals surface area contributed by atoms with Gasteiger partial charge in [-0.3, -0.25) is 9.69 Å². The zero-order valence-electron chi connectivity index (χ0n) is 15.4. The third-order valence-corrected chi connectivity index (χ3v) is 4.70. The molecule has 7 heteroatoms. The van der Waals surface area contributed by atoms with Gasteiger partial charge in [0, 0.05) is 6.92 Å². The zero-order valence-corrected chi connectivity index (χ0v) is 15.4. The first-order valence-electron chi connectivity index (χ1n) is 8.62. The van der Waals surface area contributed by atoms with Crippen LogP contribution in [0.2, 0.25) is 0 Å². The van der Waals surface area contributed by atoms with Gasteiger partial charge in [-0.2, -0.15) is 0 Å². The van der Waals surface area contributed by atoms with Gasteiger partial charge >= 0.3 is 18.0 Å². The summed E-state index contributed by atoms with van der Waals surface area (Å²) in [4.78, 5) is 37.4. The van der Waals surface area contributed by atoms with Crippen LogP contribution in [0, 0.1) is 0 Å². The number of nitrogens with zero attached hydrogens (tertiary/aromatic N) is 1. The van der Waals surface area contributed by atoms with Crippen molar-refractivity contribution in [2.75, 3.05) is 13.7 Å². The minimum atomic E-state index is -1.00. The summed E-state index contributed by atoms with van der Waals surface area (Å²) < 4.78 is 15.1. The molecule has 1 aliphatic rings. The lowest BCUT2D eigenvalue weighted by molar-refractivity contribution is -0.152. The lowest BCUT2D eigenvalue weighted by Crippen LogP contribution is -2.46. The van der Waals surface area contributed by atoms with Crippen molar-refractivity contribution in [1.29, 1.82) is 0 Å². The maximum atomic E-state index is 12.6. The Bertz CT molecular complexity index is 874. The molecule has 1 amide bonds. The van der Waals surface area contributed by atoms with Gasteiger partial charge in [0.1, 0.15) is 6.61 Å². The number of fused-ring (bicyclic) bond motifs is 1. The number of hydrogen-bond donors (Lipinski definition) is 0. The Balaban J connectivity index is 1.97. The van der Waals surface area contributed by atoms with Crippen LogP contribution in [0.25, 0.3) is 10.8 Å². The highest BCUT2D eigenvalue weighted by molar-refractivity contribution is 5.88. The van der Waals surface area contributed by atoms with Crippen LogP contribution in [-0.4, -0.2) is 48.8 Å². The SMILES string of the molecule is COC(=O)C1C(COC(C)=O)OC(=O)N1C(C)c1cccc2ccccc12. The number of hydrogen-bond acceptors (Lipinski definition) is 6. The van der Waals surface area contributed by atoms with Crippen LogP contribution >= 0.6 is 0 Å². The quantitative estimate of drug-likeness (QED) is 0.594. The van der Waals surface area contributed by atoms with Gasteiger partial charge in [0.05, 0.1) is 13.2 Å². The van der Waals surface area contributed by atoms with Crippen LogP contribution in [-0.2, 0) is 23.8 Å². The Morgan fingerprint density at radius 1 is 1.19 bits per heavy atom. The number of cyclic esters (lactones) is 1. The number of methoxy groups -OCH3 is 1. The van der Waals surface area contributed by atoms with Crippen LogP contribution in [0.4, 0.5) is 4.79 Å². The van der Waals surface area contributed by atoms with Crippen LogP contribution in [0.15, 0.2) is 42.5 Å². The topological polar surface area (TPSA) is 82.1 Å². The molecule has 3 unspecified atom stereocenters. The van der Waals surface area contributed by atoms with E-state index in [9.17, 15) is 14.4 Å². The molecule has 2 aromatic carbocycles. The highest BCUT2D eigenvalue weighted by atomic mass is 16.6. The van der Waals surface area contributed by atoms with Crippen molar-refractivity contribution < 1.29 is 28.6 Å². The van der Waals surface area contributed by atoms with Crippen LogP contribution in [0.3, 0.4) is 0 Å². The van der Waals surface area contributed by atoms with E-state index < -0.39 is 36.2 Å². The van der Waals surface area contributed by atoms with E-state index in [0.29, 0.717) is 0 Å². The summed E-state index contributed by atoms with van der Waals surface area (Å²) in [5.41, 5.74) is 0.882. The molecular formula is C20H21NO6. The zero-order chi connectivity index (χ0) is 19.6. The molecule has 1 fully saturated rings. The molecule has 0 saturated carbocycles. The van der Waals surface area contributed by atoms with Gasteiger partial charge < -0.3 is 14.2 Å². The lowest BCUT2D eigenvalue weighted by atomic mass is 9.97. The second kappa shape index (κ2) is 7.65. The van der Waals surface area contributed by atoms with Gasteiger partial charge in [-0.25, -0.2) is 9.59 Å². The van der Waals surface area contributed by atoms with E-state index in [0.717, 1.165) is 16.3 Å². The molecule has 3 rings (SSSR count). The first-order valence-corrected chi connectivity index (χ1v) is 8.62. The Kier molecular flexibility index (Phi) is 5.30. The van der Waals surface area contributed by atoms with Crippen molar-refractivity contribution in [3.8, 4) is 0 Å². The van der Waals surface area contributed by atoms with Gasteiger partial charge in [-0.05, 0) is 23.3 Å². The minimum absolute atomic E-state index is 0.209. The first kappa shape index (κ1) is 18.7. The molecule has 7 nitrogen and oxygen atoms in total. The predicted octanol–water partition coefficient (Wildman–Crippen LogP) is 2.83. The maximum Gasteiger partial charge on any atom is 0.411 e. The average Bonchev–Trinajstić information content (AvgIpc) is 3.00. The monoisotopic (exact) mass is 371 g/mol. The molecule has 2 aromatic rings. The van der Waals surface area contributed by atoms with E-state index in [4.69, 9.17) is 14.2 Å². The summed E-state index contributed by atoms with van der Waals surface area (Å²) in [6.45, 7) is 2.87. The highest BCUT2D eigenvalue weighted by Crippen LogP contribution is 2.34. The second-order valence-electron chi connectivity index (χ2n) is 6.34. The molecular weight excluding hydrogens is 350 g/mol. The molecule has 1 aliphatic heterocycles. The summed E-state index contributed by atoms with van der Waals surface area (Å²) >= 11 is 0. The number of benzene rings is 2. The van der Waals surface area contributed by atoms with Crippen molar-refractivity contribution in [1.82, 2.24) is 4.90 Å². The Morgan fingerprint density at radius 2 is 1.89 bits per heavy atom. The Hall–Kier alpha value is -3.09. The fraction of sp³-hybridized carbons (Fsp3) is 0.350. The van der Waals surface area contributed by atoms with Crippen molar-refractivity contribution in [2.45, 2.75) is 32.0 Å².